The fourth-order valence-electron chi connectivity index (χ4n) is 5.38. The third-order valence-corrected chi connectivity index (χ3v) is 8.33. The zero-order valence-electron chi connectivity index (χ0n) is 22.6. The second-order valence-corrected chi connectivity index (χ2v) is 11.1. The monoisotopic (exact) mass is 514 g/mol. The molecule has 1 aromatic heterocycles. The van der Waals surface area contributed by atoms with Crippen molar-refractivity contribution >= 4 is 28.5 Å². The number of hydrogen-bond acceptors (Lipinski definition) is 6. The maximum Gasteiger partial charge on any atom is 0.233 e. The predicted octanol–water partition coefficient (Wildman–Crippen LogP) is 3.36. The number of hydrogen-bond donors (Lipinski definition) is 2. The SMILES string of the molecule is CC(C)[C@H](C)C(=O)NCC1CN(C(=O)C2(c3ccccc3)CC2)CCN1Cc1nc(N)c2ccccc2n1. The number of nitrogens with two attached hydrogens (primary N) is 1. The van der Waals surface area contributed by atoms with E-state index in [0.717, 1.165) is 29.3 Å². The number of nitrogen functional groups attached to an aromatic ring is 1. The Morgan fingerprint density at radius 1 is 1.03 bits per heavy atom. The molecule has 3 aromatic rings. The number of para-hydroxylation sites is 1. The van der Waals surface area contributed by atoms with E-state index in [1.54, 1.807) is 0 Å². The van der Waals surface area contributed by atoms with E-state index in [-0.39, 0.29) is 29.7 Å². The Balaban J connectivity index is 1.35. The van der Waals surface area contributed by atoms with Crippen LogP contribution in [0.5, 0.6) is 0 Å². The Bertz CT molecular complexity index is 1310. The third-order valence-electron chi connectivity index (χ3n) is 8.33. The maximum atomic E-state index is 13.8. The number of amides is 2. The van der Waals surface area contributed by atoms with Crippen molar-refractivity contribution in [1.82, 2.24) is 25.1 Å². The molecule has 2 fully saturated rings. The van der Waals surface area contributed by atoms with E-state index >= 15 is 0 Å². The van der Waals surface area contributed by atoms with E-state index in [4.69, 9.17) is 10.7 Å². The summed E-state index contributed by atoms with van der Waals surface area (Å²) in [6.45, 7) is 8.87. The molecule has 2 amide bonds. The molecule has 0 bridgehead atoms. The lowest BCUT2D eigenvalue weighted by molar-refractivity contribution is -0.137. The highest BCUT2D eigenvalue weighted by Gasteiger charge is 2.53. The van der Waals surface area contributed by atoms with Crippen molar-refractivity contribution in [3.63, 3.8) is 0 Å². The lowest BCUT2D eigenvalue weighted by atomic mass is 9.93. The zero-order chi connectivity index (χ0) is 26.9. The summed E-state index contributed by atoms with van der Waals surface area (Å²) in [5, 5.41) is 3.99. The van der Waals surface area contributed by atoms with E-state index in [9.17, 15) is 9.59 Å². The highest BCUT2D eigenvalue weighted by molar-refractivity contribution is 5.91. The molecule has 38 heavy (non-hydrogen) atoms. The lowest BCUT2D eigenvalue weighted by Gasteiger charge is -2.42. The molecule has 1 saturated carbocycles. The van der Waals surface area contributed by atoms with Crippen molar-refractivity contribution in [3.05, 3.63) is 66.0 Å². The summed E-state index contributed by atoms with van der Waals surface area (Å²) in [6.07, 6.45) is 1.77. The summed E-state index contributed by atoms with van der Waals surface area (Å²) in [5.74, 6) is 1.52. The number of anilines is 1. The van der Waals surface area contributed by atoms with Gasteiger partial charge in [-0.1, -0.05) is 63.2 Å². The molecule has 2 heterocycles. The average Bonchev–Trinajstić information content (AvgIpc) is 3.74. The minimum atomic E-state index is -0.403. The molecular formula is C30H38N6O2. The van der Waals surface area contributed by atoms with E-state index in [2.05, 4.69) is 41.2 Å². The van der Waals surface area contributed by atoms with Gasteiger partial charge in [-0.3, -0.25) is 14.5 Å². The molecule has 8 heteroatoms. The second kappa shape index (κ2) is 10.7. The van der Waals surface area contributed by atoms with Crippen LogP contribution in [-0.2, 0) is 21.5 Å². The summed E-state index contributed by atoms with van der Waals surface area (Å²) >= 11 is 0. The smallest absolute Gasteiger partial charge is 0.233 e. The first-order chi connectivity index (χ1) is 18.3. The minimum Gasteiger partial charge on any atom is -0.383 e. The summed E-state index contributed by atoms with van der Waals surface area (Å²) in [6, 6.07) is 17.8. The molecule has 0 radical (unpaired) electrons. The molecule has 8 nitrogen and oxygen atoms in total. The molecule has 1 aliphatic heterocycles. The number of carbonyl (C=O) groups is 2. The van der Waals surface area contributed by atoms with Crippen LogP contribution in [0.25, 0.3) is 10.9 Å². The van der Waals surface area contributed by atoms with Gasteiger partial charge in [-0.25, -0.2) is 9.97 Å². The lowest BCUT2D eigenvalue weighted by Crippen LogP contribution is -2.59. The standard InChI is InChI=1S/C30H38N6O2/c1-20(2)21(3)28(37)32-17-23-18-36(29(38)30(13-14-30)22-9-5-4-6-10-22)16-15-35(23)19-26-33-25-12-8-7-11-24(25)27(31)34-26/h4-12,20-21,23H,13-19H2,1-3H3,(H,32,37)(H2,31,33,34)/t21-,23?/m0/s1. The Hall–Kier alpha value is -3.52. The second-order valence-electron chi connectivity index (χ2n) is 11.1. The Labute approximate surface area is 224 Å². The normalized spacial score (nSPS) is 19.9. The van der Waals surface area contributed by atoms with Gasteiger partial charge >= 0.3 is 0 Å². The summed E-state index contributed by atoms with van der Waals surface area (Å²) in [7, 11) is 0. The van der Waals surface area contributed by atoms with Gasteiger partial charge < -0.3 is 16.0 Å². The van der Waals surface area contributed by atoms with E-state index in [1.165, 1.54) is 0 Å². The van der Waals surface area contributed by atoms with Crippen LogP contribution < -0.4 is 11.1 Å². The fraction of sp³-hybridized carbons (Fsp3) is 0.467. The average molecular weight is 515 g/mol. The van der Waals surface area contributed by atoms with E-state index in [1.807, 2.05) is 54.3 Å². The first kappa shape index (κ1) is 26.1. The Kier molecular flexibility index (Phi) is 7.34. The number of fused-ring (bicyclic) bond motifs is 1. The van der Waals surface area contributed by atoms with Crippen molar-refractivity contribution in [2.75, 3.05) is 31.9 Å². The van der Waals surface area contributed by atoms with Crippen LogP contribution in [-0.4, -0.2) is 63.8 Å². The number of piperazine rings is 1. The van der Waals surface area contributed by atoms with Crippen molar-refractivity contribution in [2.24, 2.45) is 11.8 Å². The summed E-state index contributed by atoms with van der Waals surface area (Å²) in [5.41, 5.74) is 7.76. The number of rotatable bonds is 8. The Morgan fingerprint density at radius 3 is 2.45 bits per heavy atom. The first-order valence-corrected chi connectivity index (χ1v) is 13.7. The van der Waals surface area contributed by atoms with Crippen LogP contribution in [0.1, 0.15) is 45.0 Å². The molecule has 3 N–H and O–H groups in total. The Morgan fingerprint density at radius 2 is 1.74 bits per heavy atom. The summed E-state index contributed by atoms with van der Waals surface area (Å²) in [4.78, 5) is 40.2. The number of nitrogens with one attached hydrogen (secondary N) is 1. The molecule has 0 spiro atoms. The first-order valence-electron chi connectivity index (χ1n) is 13.7. The summed E-state index contributed by atoms with van der Waals surface area (Å²) < 4.78 is 0. The number of benzene rings is 2. The molecular weight excluding hydrogens is 476 g/mol. The quantitative estimate of drug-likeness (QED) is 0.478. The highest BCUT2D eigenvalue weighted by atomic mass is 16.2. The van der Waals surface area contributed by atoms with Gasteiger partial charge in [0.25, 0.3) is 0 Å². The van der Waals surface area contributed by atoms with Gasteiger partial charge in [0.1, 0.15) is 11.6 Å². The number of carbonyl (C=O) groups excluding carboxylic acids is 2. The van der Waals surface area contributed by atoms with Crippen LogP contribution in [0.2, 0.25) is 0 Å². The molecule has 2 atom stereocenters. The molecule has 1 unspecified atom stereocenters. The van der Waals surface area contributed by atoms with Crippen molar-refractivity contribution in [2.45, 2.75) is 51.6 Å². The van der Waals surface area contributed by atoms with Gasteiger partial charge in [-0.2, -0.15) is 0 Å². The van der Waals surface area contributed by atoms with Crippen LogP contribution in [0.15, 0.2) is 54.6 Å². The van der Waals surface area contributed by atoms with Crippen molar-refractivity contribution in [3.8, 4) is 0 Å². The molecule has 1 saturated heterocycles. The van der Waals surface area contributed by atoms with E-state index < -0.39 is 5.41 Å². The van der Waals surface area contributed by atoms with Crippen molar-refractivity contribution in [1.29, 1.82) is 0 Å². The molecule has 2 aliphatic rings. The number of aromatic nitrogens is 2. The zero-order valence-corrected chi connectivity index (χ0v) is 22.6. The molecule has 200 valence electrons. The van der Waals surface area contributed by atoms with Gasteiger partial charge in [0.2, 0.25) is 11.8 Å². The largest absolute Gasteiger partial charge is 0.383 e. The van der Waals surface area contributed by atoms with Gasteiger partial charge in [-0.05, 0) is 36.5 Å². The molecule has 2 aromatic carbocycles. The van der Waals surface area contributed by atoms with Gasteiger partial charge in [0, 0.05) is 43.5 Å². The van der Waals surface area contributed by atoms with Crippen LogP contribution in [0, 0.1) is 11.8 Å². The van der Waals surface area contributed by atoms with Crippen LogP contribution in [0.4, 0.5) is 5.82 Å². The number of nitrogens with zero attached hydrogens (tertiary/aromatic N) is 4. The fourth-order valence-corrected chi connectivity index (χ4v) is 5.38. The minimum absolute atomic E-state index is 0.0394. The molecule has 5 rings (SSSR count). The van der Waals surface area contributed by atoms with E-state index in [0.29, 0.717) is 44.4 Å². The van der Waals surface area contributed by atoms with Crippen molar-refractivity contribution < 1.29 is 9.59 Å². The topological polar surface area (TPSA) is 104 Å². The van der Waals surface area contributed by atoms with Gasteiger partial charge in [0.15, 0.2) is 0 Å². The predicted molar refractivity (Wildman–Crippen MR) is 149 cm³/mol. The third kappa shape index (κ3) is 5.23. The van der Waals surface area contributed by atoms with Crippen LogP contribution in [0.3, 0.4) is 0 Å². The van der Waals surface area contributed by atoms with Gasteiger partial charge in [-0.15, -0.1) is 0 Å². The van der Waals surface area contributed by atoms with Gasteiger partial charge in [0.05, 0.1) is 17.5 Å². The highest BCUT2D eigenvalue weighted by Crippen LogP contribution is 2.49. The van der Waals surface area contributed by atoms with Crippen LogP contribution >= 0.6 is 0 Å². The molecule has 1 aliphatic carbocycles. The maximum absolute atomic E-state index is 13.8.